The van der Waals surface area contributed by atoms with E-state index in [9.17, 15) is 14.7 Å². The number of likely N-dealkylation sites (tertiary alicyclic amines) is 1. The Kier molecular flexibility index (Phi) is 9.16. The van der Waals surface area contributed by atoms with Crippen LogP contribution in [0.5, 0.6) is 5.75 Å². The molecule has 0 radical (unpaired) electrons. The van der Waals surface area contributed by atoms with Gasteiger partial charge in [0.15, 0.2) is 6.61 Å². The van der Waals surface area contributed by atoms with Crippen LogP contribution in [0, 0.1) is 0 Å². The number of carbonyl (C=O) groups excluding carboxylic acids is 2. The van der Waals surface area contributed by atoms with E-state index in [2.05, 4.69) is 16.5 Å². The zero-order valence-electron chi connectivity index (χ0n) is 18.2. The molecule has 2 N–H and O–H groups in total. The van der Waals surface area contributed by atoms with Gasteiger partial charge in [0.25, 0.3) is 11.8 Å². The summed E-state index contributed by atoms with van der Waals surface area (Å²) in [5.41, 5.74) is 1.35. The summed E-state index contributed by atoms with van der Waals surface area (Å²) in [4.78, 5) is 32.3. The summed E-state index contributed by atoms with van der Waals surface area (Å²) in [5, 5.41) is 17.3. The number of phenols is 1. The van der Waals surface area contributed by atoms with E-state index in [4.69, 9.17) is 16.4 Å². The number of amides is 2. The Bertz CT molecular complexity index is 905. The third kappa shape index (κ3) is 6.85. The largest absolute Gasteiger partial charge is 0.506 e. The van der Waals surface area contributed by atoms with Gasteiger partial charge in [-0.2, -0.15) is 0 Å². The van der Waals surface area contributed by atoms with Crippen LogP contribution < -0.4 is 5.32 Å². The smallest absolute Gasteiger partial charge is 0.263 e. The Morgan fingerprint density at radius 2 is 1.88 bits per heavy atom. The summed E-state index contributed by atoms with van der Waals surface area (Å²) in [7, 11) is 0. The Morgan fingerprint density at radius 1 is 1.12 bits per heavy atom. The lowest BCUT2D eigenvalue weighted by atomic mass is 10.00. The third-order valence-electron chi connectivity index (χ3n) is 5.48. The topological polar surface area (TPSA) is 91.2 Å². The first kappa shape index (κ1) is 23.9. The number of fused-ring (bicyclic) bond motifs is 1. The number of halogens is 1. The van der Waals surface area contributed by atoms with Crippen LogP contribution in [0.2, 0.25) is 5.02 Å². The van der Waals surface area contributed by atoms with E-state index >= 15 is 0 Å². The minimum Gasteiger partial charge on any atom is -0.506 e. The molecule has 2 heterocycles. The maximum absolute atomic E-state index is 12.7. The highest BCUT2D eigenvalue weighted by molar-refractivity contribution is 6.33. The molecule has 0 spiro atoms. The summed E-state index contributed by atoms with van der Waals surface area (Å²) in [6, 6.07) is 2.96. The van der Waals surface area contributed by atoms with Crippen LogP contribution in [0.3, 0.4) is 0 Å². The summed E-state index contributed by atoms with van der Waals surface area (Å²) in [5.74, 6) is -0.455. The van der Waals surface area contributed by atoms with Crippen molar-refractivity contribution >= 4 is 29.1 Å². The number of oxime groups is 1. The van der Waals surface area contributed by atoms with Crippen molar-refractivity contribution in [2.45, 2.75) is 44.9 Å². The lowest BCUT2D eigenvalue weighted by Gasteiger charge is -2.26. The van der Waals surface area contributed by atoms with Crippen molar-refractivity contribution in [3.8, 4) is 5.75 Å². The highest BCUT2D eigenvalue weighted by atomic mass is 35.5. The molecule has 0 aliphatic carbocycles. The predicted molar refractivity (Wildman–Crippen MR) is 125 cm³/mol. The highest BCUT2D eigenvalue weighted by Crippen LogP contribution is 2.30. The van der Waals surface area contributed by atoms with Crippen LogP contribution in [-0.4, -0.2) is 53.8 Å². The van der Waals surface area contributed by atoms with Gasteiger partial charge in [0, 0.05) is 31.6 Å². The fourth-order valence-corrected chi connectivity index (χ4v) is 3.95. The molecule has 0 atom stereocenters. The molecule has 1 aromatic rings. The van der Waals surface area contributed by atoms with E-state index in [1.165, 1.54) is 6.07 Å². The van der Waals surface area contributed by atoms with Crippen molar-refractivity contribution in [2.24, 2.45) is 5.16 Å². The van der Waals surface area contributed by atoms with E-state index in [1.54, 1.807) is 11.0 Å². The molecule has 1 fully saturated rings. The summed E-state index contributed by atoms with van der Waals surface area (Å²) >= 11 is 6.36. The second-order valence-electron chi connectivity index (χ2n) is 7.89. The van der Waals surface area contributed by atoms with Gasteiger partial charge in [0.05, 0.1) is 10.7 Å². The molecule has 8 heteroatoms. The van der Waals surface area contributed by atoms with Gasteiger partial charge >= 0.3 is 0 Å². The SMILES string of the molecule is O=C1NCC/C=C/CC/C=C/C(=N\OCC(=O)N2CCCCC2)Cc2c1ccc(O)c2Cl. The lowest BCUT2D eigenvalue weighted by Crippen LogP contribution is -2.37. The quantitative estimate of drug-likeness (QED) is 0.528. The number of allylic oxidation sites excluding steroid dienone is 3. The average Bonchev–Trinajstić information content (AvgIpc) is 2.80. The number of piperidine rings is 1. The number of phenolic OH excluding ortho intramolecular Hbond substituents is 1. The number of nitrogens with one attached hydrogen (secondary N) is 1. The first-order valence-electron chi connectivity index (χ1n) is 11.1. The van der Waals surface area contributed by atoms with Crippen LogP contribution in [0.1, 0.15) is 54.4 Å². The van der Waals surface area contributed by atoms with Gasteiger partial charge in [-0.3, -0.25) is 9.59 Å². The number of hydrogen-bond donors (Lipinski definition) is 2. The van der Waals surface area contributed by atoms with Crippen LogP contribution in [0.25, 0.3) is 0 Å². The monoisotopic (exact) mass is 459 g/mol. The molecule has 1 aromatic carbocycles. The van der Waals surface area contributed by atoms with Crippen LogP contribution >= 0.6 is 11.6 Å². The molecule has 1 saturated heterocycles. The van der Waals surface area contributed by atoms with E-state index in [-0.39, 0.29) is 35.6 Å². The Hall–Kier alpha value is -2.80. The van der Waals surface area contributed by atoms with Crippen LogP contribution in [-0.2, 0) is 16.1 Å². The molecule has 2 aliphatic heterocycles. The van der Waals surface area contributed by atoms with Gasteiger partial charge in [-0.15, -0.1) is 0 Å². The summed E-state index contributed by atoms with van der Waals surface area (Å²) < 4.78 is 0. The Labute approximate surface area is 193 Å². The van der Waals surface area contributed by atoms with E-state index in [0.717, 1.165) is 51.6 Å². The fourth-order valence-electron chi connectivity index (χ4n) is 3.71. The number of hydrogen-bond acceptors (Lipinski definition) is 5. The molecule has 2 aliphatic rings. The number of carbonyl (C=O) groups is 2. The van der Waals surface area contributed by atoms with Gasteiger partial charge in [0.2, 0.25) is 0 Å². The molecule has 32 heavy (non-hydrogen) atoms. The molecule has 0 aromatic heterocycles. The molecule has 3 rings (SSSR count). The maximum atomic E-state index is 12.7. The molecule has 0 bridgehead atoms. The first-order valence-corrected chi connectivity index (χ1v) is 11.5. The highest BCUT2D eigenvalue weighted by Gasteiger charge is 2.19. The van der Waals surface area contributed by atoms with Crippen LogP contribution in [0.4, 0.5) is 0 Å². The van der Waals surface area contributed by atoms with Crippen molar-refractivity contribution < 1.29 is 19.5 Å². The second-order valence-corrected chi connectivity index (χ2v) is 8.27. The van der Waals surface area contributed by atoms with Crippen molar-refractivity contribution in [2.75, 3.05) is 26.2 Å². The minimum atomic E-state index is -0.267. The number of nitrogens with zero attached hydrogens (tertiary/aromatic N) is 2. The number of aromatic hydroxyl groups is 1. The Morgan fingerprint density at radius 3 is 2.69 bits per heavy atom. The lowest BCUT2D eigenvalue weighted by molar-refractivity contribution is -0.137. The fraction of sp³-hybridized carbons (Fsp3) is 0.458. The molecule has 0 unspecified atom stereocenters. The first-order chi connectivity index (χ1) is 15.6. The molecular weight excluding hydrogens is 430 g/mol. The van der Waals surface area contributed by atoms with Crippen molar-refractivity contribution in [3.05, 3.63) is 52.6 Å². The van der Waals surface area contributed by atoms with Crippen molar-refractivity contribution in [1.29, 1.82) is 0 Å². The van der Waals surface area contributed by atoms with Gasteiger partial charge in [-0.05, 0) is 62.3 Å². The summed E-state index contributed by atoms with van der Waals surface area (Å²) in [6.07, 6.45) is 13.7. The summed E-state index contributed by atoms with van der Waals surface area (Å²) in [6.45, 7) is 1.88. The van der Waals surface area contributed by atoms with Crippen LogP contribution in [0.15, 0.2) is 41.6 Å². The average molecular weight is 460 g/mol. The zero-order chi connectivity index (χ0) is 22.8. The van der Waals surface area contributed by atoms with Crippen molar-refractivity contribution in [3.63, 3.8) is 0 Å². The normalized spacial score (nSPS) is 21.2. The van der Waals surface area contributed by atoms with E-state index < -0.39 is 0 Å². The minimum absolute atomic E-state index is 0.0838. The van der Waals surface area contributed by atoms with E-state index in [1.807, 2.05) is 18.2 Å². The van der Waals surface area contributed by atoms with Gasteiger partial charge < -0.3 is 20.2 Å². The zero-order valence-corrected chi connectivity index (χ0v) is 18.9. The van der Waals surface area contributed by atoms with Gasteiger partial charge in [-0.1, -0.05) is 35.0 Å². The maximum Gasteiger partial charge on any atom is 0.263 e. The van der Waals surface area contributed by atoms with E-state index in [0.29, 0.717) is 23.4 Å². The number of benzene rings is 1. The molecule has 7 nitrogen and oxygen atoms in total. The number of rotatable bonds is 3. The Balaban J connectivity index is 1.81. The second kappa shape index (κ2) is 12.3. The predicted octanol–water partition coefficient (Wildman–Crippen LogP) is 4.00. The third-order valence-corrected chi connectivity index (χ3v) is 5.90. The van der Waals surface area contributed by atoms with Crippen molar-refractivity contribution in [1.82, 2.24) is 10.2 Å². The molecule has 172 valence electrons. The molecule has 2 amide bonds. The standard InChI is InChI=1S/C24H30ClN3O4/c25-23-20-16-18(27-32-17-22(30)28-14-8-5-9-15-28)10-6-3-1-2-4-7-13-26-24(31)19(20)11-12-21(23)29/h2,4,6,10-12,29H,1,3,5,7-9,13-17H2,(H,26,31)/b4-2+,10-6+,27-18+. The molecular formula is C24H30ClN3O4. The molecule has 0 saturated carbocycles. The van der Waals surface area contributed by atoms with Gasteiger partial charge in [0.1, 0.15) is 5.75 Å². The van der Waals surface area contributed by atoms with Gasteiger partial charge in [-0.25, -0.2) is 0 Å².